The van der Waals surface area contributed by atoms with Crippen molar-refractivity contribution in [1.29, 1.82) is 0 Å². The molecule has 3 aromatic rings. The van der Waals surface area contributed by atoms with Gasteiger partial charge in [-0.15, -0.1) is 18.3 Å². The SMILES string of the molecule is C=CCc1c([Si](C)(C)C)n(-c2nnn(CC=C)n2)c2ccc(Cl)cc12. The topological polar surface area (TPSA) is 48.5 Å². The zero-order valence-corrected chi connectivity index (χ0v) is 16.6. The van der Waals surface area contributed by atoms with E-state index in [1.54, 1.807) is 10.9 Å². The number of halogens is 1. The molecule has 0 amide bonds. The highest BCUT2D eigenvalue weighted by atomic mass is 35.5. The molecule has 130 valence electrons. The second kappa shape index (κ2) is 6.61. The average molecular weight is 372 g/mol. The lowest BCUT2D eigenvalue weighted by atomic mass is 10.1. The van der Waals surface area contributed by atoms with Gasteiger partial charge < -0.3 is 0 Å². The maximum atomic E-state index is 6.28. The third kappa shape index (κ3) is 3.19. The van der Waals surface area contributed by atoms with Crippen LogP contribution in [-0.4, -0.2) is 32.8 Å². The summed E-state index contributed by atoms with van der Waals surface area (Å²) >= 11 is 6.28. The Morgan fingerprint density at radius 1 is 1.20 bits per heavy atom. The van der Waals surface area contributed by atoms with Crippen LogP contribution in [0.5, 0.6) is 0 Å². The molecule has 2 aromatic heterocycles. The fraction of sp³-hybridized carbons (Fsp3) is 0.278. The summed E-state index contributed by atoms with van der Waals surface area (Å²) in [5, 5.41) is 16.1. The van der Waals surface area contributed by atoms with Crippen molar-refractivity contribution < 1.29 is 0 Å². The Bertz CT molecular complexity index is 948. The third-order valence-corrected chi connectivity index (χ3v) is 6.21. The van der Waals surface area contributed by atoms with E-state index in [9.17, 15) is 0 Å². The molecule has 0 saturated heterocycles. The Morgan fingerprint density at radius 3 is 2.60 bits per heavy atom. The number of rotatable bonds is 6. The van der Waals surface area contributed by atoms with Crippen molar-refractivity contribution in [2.75, 3.05) is 0 Å². The first kappa shape index (κ1) is 17.6. The van der Waals surface area contributed by atoms with Gasteiger partial charge in [-0.1, -0.05) is 48.5 Å². The summed E-state index contributed by atoms with van der Waals surface area (Å²) in [6.45, 7) is 15.1. The molecule has 2 heterocycles. The van der Waals surface area contributed by atoms with Crippen LogP contribution >= 0.6 is 11.6 Å². The molecule has 0 fully saturated rings. The van der Waals surface area contributed by atoms with Gasteiger partial charge >= 0.3 is 0 Å². The van der Waals surface area contributed by atoms with Crippen molar-refractivity contribution in [3.05, 3.63) is 54.1 Å². The Kier molecular flexibility index (Phi) is 4.66. The van der Waals surface area contributed by atoms with Crippen molar-refractivity contribution in [3.8, 4) is 5.95 Å². The molecular weight excluding hydrogens is 350 g/mol. The second-order valence-electron chi connectivity index (χ2n) is 7.00. The summed E-state index contributed by atoms with van der Waals surface area (Å²) in [5.41, 5.74) is 2.31. The molecule has 0 N–H and O–H groups in total. The van der Waals surface area contributed by atoms with Gasteiger partial charge in [-0.05, 0) is 35.4 Å². The lowest BCUT2D eigenvalue weighted by Gasteiger charge is -2.20. The molecule has 0 radical (unpaired) electrons. The lowest BCUT2D eigenvalue weighted by molar-refractivity contribution is 0.582. The van der Waals surface area contributed by atoms with E-state index in [1.165, 1.54) is 10.9 Å². The molecule has 0 bridgehead atoms. The molecule has 0 aliphatic rings. The first-order valence-electron chi connectivity index (χ1n) is 8.20. The van der Waals surface area contributed by atoms with Gasteiger partial charge in [0.05, 0.1) is 20.1 Å². The van der Waals surface area contributed by atoms with Crippen LogP contribution in [-0.2, 0) is 13.0 Å². The van der Waals surface area contributed by atoms with E-state index in [0.717, 1.165) is 22.3 Å². The van der Waals surface area contributed by atoms with Gasteiger partial charge in [0, 0.05) is 15.7 Å². The van der Waals surface area contributed by atoms with Crippen molar-refractivity contribution in [2.24, 2.45) is 0 Å². The summed E-state index contributed by atoms with van der Waals surface area (Å²) in [5.74, 6) is 0.585. The minimum Gasteiger partial charge on any atom is -0.284 e. The van der Waals surface area contributed by atoms with Crippen LogP contribution < -0.4 is 5.32 Å². The van der Waals surface area contributed by atoms with Gasteiger partial charge in [-0.25, -0.2) is 0 Å². The Balaban J connectivity index is 2.38. The summed E-state index contributed by atoms with van der Waals surface area (Å²) in [4.78, 5) is 1.55. The monoisotopic (exact) mass is 371 g/mol. The molecule has 25 heavy (non-hydrogen) atoms. The average Bonchev–Trinajstić information content (AvgIpc) is 3.10. The predicted molar refractivity (Wildman–Crippen MR) is 107 cm³/mol. The molecule has 1 aromatic carbocycles. The first-order chi connectivity index (χ1) is 11.9. The van der Waals surface area contributed by atoms with Crippen molar-refractivity contribution in [3.63, 3.8) is 0 Å². The fourth-order valence-corrected chi connectivity index (χ4v) is 5.40. The predicted octanol–water partition coefficient (Wildman–Crippen LogP) is 3.73. The molecule has 3 rings (SSSR count). The highest BCUT2D eigenvalue weighted by molar-refractivity contribution is 6.88. The quantitative estimate of drug-likeness (QED) is 0.490. The van der Waals surface area contributed by atoms with E-state index in [1.807, 2.05) is 24.3 Å². The minimum atomic E-state index is -1.72. The zero-order valence-electron chi connectivity index (χ0n) is 14.8. The molecular formula is C18H22ClN5Si. The van der Waals surface area contributed by atoms with Crippen LogP contribution in [0.2, 0.25) is 24.7 Å². The summed E-state index contributed by atoms with van der Waals surface area (Å²) in [6.07, 6.45) is 4.47. The summed E-state index contributed by atoms with van der Waals surface area (Å²) in [7, 11) is -1.72. The molecule has 0 aliphatic heterocycles. The van der Waals surface area contributed by atoms with Crippen LogP contribution in [0.4, 0.5) is 0 Å². The normalized spacial score (nSPS) is 11.8. The van der Waals surface area contributed by atoms with Gasteiger partial charge in [-0.3, -0.25) is 4.57 Å². The zero-order chi connectivity index (χ0) is 18.2. The van der Waals surface area contributed by atoms with E-state index in [2.05, 4.69) is 52.8 Å². The molecule has 7 heteroatoms. The van der Waals surface area contributed by atoms with Crippen LogP contribution in [0.25, 0.3) is 16.9 Å². The van der Waals surface area contributed by atoms with E-state index < -0.39 is 8.07 Å². The standard InChI is InChI=1S/C18H22ClN5Si/c1-6-8-14-15-12-13(19)9-10-16(15)24(17(14)25(3,4)5)18-20-22-23(21-18)11-7-2/h6-7,9-10,12H,1-2,8,11H2,3-5H3. The van der Waals surface area contributed by atoms with Crippen molar-refractivity contribution in [2.45, 2.75) is 32.6 Å². The molecule has 0 unspecified atom stereocenters. The number of hydrogen-bond donors (Lipinski definition) is 0. The highest BCUT2D eigenvalue weighted by Crippen LogP contribution is 2.28. The number of benzene rings is 1. The van der Waals surface area contributed by atoms with Gasteiger partial charge in [0.15, 0.2) is 0 Å². The Hall–Kier alpha value is -2.18. The minimum absolute atomic E-state index is 0.528. The van der Waals surface area contributed by atoms with Crippen LogP contribution in [0.1, 0.15) is 5.56 Å². The Morgan fingerprint density at radius 2 is 1.96 bits per heavy atom. The second-order valence-corrected chi connectivity index (χ2v) is 12.4. The largest absolute Gasteiger partial charge is 0.284 e. The molecule has 0 atom stereocenters. The van der Waals surface area contributed by atoms with Crippen LogP contribution in [0, 0.1) is 0 Å². The third-order valence-electron chi connectivity index (χ3n) is 4.03. The van der Waals surface area contributed by atoms with Gasteiger partial charge in [0.25, 0.3) is 5.95 Å². The van der Waals surface area contributed by atoms with Crippen molar-refractivity contribution in [1.82, 2.24) is 24.8 Å². The first-order valence-corrected chi connectivity index (χ1v) is 12.1. The number of aromatic nitrogens is 5. The molecule has 0 aliphatic carbocycles. The lowest BCUT2D eigenvalue weighted by Crippen LogP contribution is -2.44. The Labute approximate surface area is 153 Å². The van der Waals surface area contributed by atoms with E-state index in [-0.39, 0.29) is 0 Å². The molecule has 5 nitrogen and oxygen atoms in total. The summed E-state index contributed by atoms with van der Waals surface area (Å²) < 4.78 is 2.14. The fourth-order valence-electron chi connectivity index (χ4n) is 3.19. The molecule has 0 saturated carbocycles. The van der Waals surface area contributed by atoms with Crippen LogP contribution in [0.3, 0.4) is 0 Å². The maximum Gasteiger partial charge on any atom is 0.274 e. The summed E-state index contributed by atoms with van der Waals surface area (Å²) in [6, 6.07) is 5.95. The van der Waals surface area contributed by atoms with E-state index in [4.69, 9.17) is 11.6 Å². The van der Waals surface area contributed by atoms with Crippen LogP contribution in [0.15, 0.2) is 43.5 Å². The number of allylic oxidation sites excluding steroid dienone is 2. The smallest absolute Gasteiger partial charge is 0.274 e. The van der Waals surface area contributed by atoms with E-state index in [0.29, 0.717) is 12.5 Å². The van der Waals surface area contributed by atoms with Gasteiger partial charge in [-0.2, -0.15) is 4.80 Å². The number of tetrazole rings is 1. The maximum absolute atomic E-state index is 6.28. The van der Waals surface area contributed by atoms with Crippen molar-refractivity contribution >= 4 is 35.9 Å². The van der Waals surface area contributed by atoms with E-state index >= 15 is 0 Å². The van der Waals surface area contributed by atoms with Gasteiger partial charge in [0.2, 0.25) is 0 Å². The van der Waals surface area contributed by atoms with Gasteiger partial charge in [0.1, 0.15) is 0 Å². The molecule has 0 spiro atoms. The number of fused-ring (bicyclic) bond motifs is 1. The highest BCUT2D eigenvalue weighted by Gasteiger charge is 2.30. The number of nitrogens with zero attached hydrogens (tertiary/aromatic N) is 5. The number of hydrogen-bond acceptors (Lipinski definition) is 3.